The van der Waals surface area contributed by atoms with Gasteiger partial charge in [0.1, 0.15) is 12.6 Å². The van der Waals surface area contributed by atoms with E-state index in [1.54, 1.807) is 0 Å². The average molecular weight is 374 g/mol. The molecule has 2 aromatic carbocycles. The minimum atomic E-state index is 0.139. The lowest BCUT2D eigenvalue weighted by atomic mass is 10.2. The van der Waals surface area contributed by atoms with E-state index in [0.717, 1.165) is 23.2 Å². The van der Waals surface area contributed by atoms with Gasteiger partial charge in [-0.05, 0) is 37.3 Å². The molecule has 4 nitrogen and oxygen atoms in total. The molecule has 23 heavy (non-hydrogen) atoms. The number of likely N-dealkylation sites (N-methyl/N-ethyl adjacent to an activating group) is 1. The van der Waals surface area contributed by atoms with E-state index in [9.17, 15) is 0 Å². The van der Waals surface area contributed by atoms with Crippen LogP contribution in [0.2, 0.25) is 0 Å². The third kappa shape index (κ3) is 4.26. The van der Waals surface area contributed by atoms with E-state index in [1.807, 2.05) is 36.4 Å². The van der Waals surface area contributed by atoms with Gasteiger partial charge in [0.25, 0.3) is 6.02 Å². The molecule has 1 heterocycles. The van der Waals surface area contributed by atoms with Crippen LogP contribution in [0.4, 0.5) is 11.4 Å². The van der Waals surface area contributed by atoms with Crippen LogP contribution in [0.5, 0.6) is 0 Å². The lowest BCUT2D eigenvalue weighted by Gasteiger charge is -2.24. The molecular weight excluding hydrogens is 354 g/mol. The Morgan fingerprint density at radius 1 is 1.22 bits per heavy atom. The van der Waals surface area contributed by atoms with Crippen molar-refractivity contribution >= 4 is 33.3 Å². The summed E-state index contributed by atoms with van der Waals surface area (Å²) in [6.45, 7) is 4.54. The molecule has 0 aliphatic carbocycles. The molecule has 0 radical (unpaired) electrons. The van der Waals surface area contributed by atoms with E-state index in [1.165, 1.54) is 5.69 Å². The van der Waals surface area contributed by atoms with Gasteiger partial charge < -0.3 is 15.0 Å². The quantitative estimate of drug-likeness (QED) is 0.855. The number of aliphatic imine (C=N–C) groups is 1. The van der Waals surface area contributed by atoms with Crippen molar-refractivity contribution < 1.29 is 4.74 Å². The fourth-order valence-corrected chi connectivity index (χ4v) is 2.95. The summed E-state index contributed by atoms with van der Waals surface area (Å²) >= 11 is 3.53. The molecule has 0 spiro atoms. The number of hydrogen-bond donors (Lipinski definition) is 1. The Hall–Kier alpha value is -2.01. The summed E-state index contributed by atoms with van der Waals surface area (Å²) < 4.78 is 6.77. The number of amidine groups is 1. The minimum absolute atomic E-state index is 0.139. The predicted octanol–water partition coefficient (Wildman–Crippen LogP) is 4.14. The Kier molecular flexibility index (Phi) is 5.18. The topological polar surface area (TPSA) is 36.9 Å². The molecule has 2 aromatic rings. The standard InChI is InChI=1S/C18H20BrN3O/c1-2-22(17-10-6-7-14(19)11-17)12-16-13-23-18(21-16)20-15-8-4-3-5-9-15/h3-11,16H,2,12-13H2,1H3,(H,20,21). The van der Waals surface area contributed by atoms with Crippen LogP contribution >= 0.6 is 15.9 Å². The Labute approximate surface area is 145 Å². The van der Waals surface area contributed by atoms with Crippen LogP contribution in [-0.4, -0.2) is 31.8 Å². The van der Waals surface area contributed by atoms with Crippen molar-refractivity contribution in [2.24, 2.45) is 4.99 Å². The van der Waals surface area contributed by atoms with Crippen LogP contribution in [0.15, 0.2) is 64.1 Å². The van der Waals surface area contributed by atoms with Crippen molar-refractivity contribution in [2.75, 3.05) is 29.9 Å². The Morgan fingerprint density at radius 3 is 2.78 bits per heavy atom. The summed E-state index contributed by atoms with van der Waals surface area (Å²) in [7, 11) is 0. The van der Waals surface area contributed by atoms with Crippen LogP contribution in [0.1, 0.15) is 6.92 Å². The maximum absolute atomic E-state index is 5.68. The highest BCUT2D eigenvalue weighted by Gasteiger charge is 2.21. The van der Waals surface area contributed by atoms with Crippen LogP contribution in [0, 0.1) is 0 Å². The first kappa shape index (κ1) is 15.9. The number of nitrogens with one attached hydrogen (secondary N) is 1. The maximum atomic E-state index is 5.68. The number of hydrogen-bond acceptors (Lipinski definition) is 4. The highest BCUT2D eigenvalue weighted by Crippen LogP contribution is 2.21. The van der Waals surface area contributed by atoms with Gasteiger partial charge in [-0.25, -0.2) is 4.99 Å². The summed E-state index contributed by atoms with van der Waals surface area (Å²) in [5.74, 6) is 0. The molecule has 0 saturated heterocycles. The van der Waals surface area contributed by atoms with Crippen LogP contribution in [-0.2, 0) is 4.74 Å². The third-order valence-electron chi connectivity index (χ3n) is 3.72. The van der Waals surface area contributed by atoms with E-state index in [4.69, 9.17) is 4.74 Å². The summed E-state index contributed by atoms with van der Waals surface area (Å²) in [5, 5.41) is 3.21. The zero-order valence-corrected chi connectivity index (χ0v) is 14.7. The Morgan fingerprint density at radius 2 is 2.04 bits per heavy atom. The molecule has 3 rings (SSSR count). The summed E-state index contributed by atoms with van der Waals surface area (Å²) in [4.78, 5) is 6.96. The smallest absolute Gasteiger partial charge is 0.289 e. The number of nitrogens with zero attached hydrogens (tertiary/aromatic N) is 2. The minimum Gasteiger partial charge on any atom is -0.463 e. The number of benzene rings is 2. The molecular formula is C18H20BrN3O. The van der Waals surface area contributed by atoms with Crippen LogP contribution in [0.3, 0.4) is 0 Å². The molecule has 1 atom stereocenters. The van der Waals surface area contributed by atoms with Crippen molar-refractivity contribution in [3.63, 3.8) is 0 Å². The fourth-order valence-electron chi connectivity index (χ4n) is 2.57. The fraction of sp³-hybridized carbons (Fsp3) is 0.278. The second kappa shape index (κ2) is 7.51. The zero-order chi connectivity index (χ0) is 16.1. The number of para-hydroxylation sites is 1. The molecule has 0 amide bonds. The largest absolute Gasteiger partial charge is 0.463 e. The molecule has 120 valence electrons. The van der Waals surface area contributed by atoms with Gasteiger partial charge in [-0.2, -0.15) is 0 Å². The van der Waals surface area contributed by atoms with E-state index in [2.05, 4.69) is 56.3 Å². The highest BCUT2D eigenvalue weighted by molar-refractivity contribution is 9.10. The number of anilines is 2. The Balaban J connectivity index is 1.63. The van der Waals surface area contributed by atoms with E-state index in [-0.39, 0.29) is 6.04 Å². The Bertz CT molecular complexity index is 675. The number of ether oxygens (including phenoxy) is 1. The van der Waals surface area contributed by atoms with Gasteiger partial charge in [0.15, 0.2) is 0 Å². The van der Waals surface area contributed by atoms with Crippen molar-refractivity contribution in [3.05, 3.63) is 59.1 Å². The van der Waals surface area contributed by atoms with Gasteiger partial charge in [-0.1, -0.05) is 40.2 Å². The normalized spacial score (nSPS) is 16.6. The molecule has 0 aromatic heterocycles. The highest BCUT2D eigenvalue weighted by atomic mass is 79.9. The van der Waals surface area contributed by atoms with Crippen molar-refractivity contribution in [1.29, 1.82) is 0 Å². The van der Waals surface area contributed by atoms with Crippen molar-refractivity contribution in [3.8, 4) is 0 Å². The summed E-state index contributed by atoms with van der Waals surface area (Å²) in [6.07, 6.45) is 0. The average Bonchev–Trinajstić information content (AvgIpc) is 3.00. The van der Waals surface area contributed by atoms with Crippen LogP contribution < -0.4 is 10.2 Å². The molecule has 1 aliphatic rings. The molecule has 0 fully saturated rings. The molecule has 0 bridgehead atoms. The lowest BCUT2D eigenvalue weighted by Crippen LogP contribution is -2.32. The van der Waals surface area contributed by atoms with Crippen molar-refractivity contribution in [1.82, 2.24) is 0 Å². The third-order valence-corrected chi connectivity index (χ3v) is 4.22. The van der Waals surface area contributed by atoms with E-state index < -0.39 is 0 Å². The first-order chi connectivity index (χ1) is 11.2. The second-order valence-electron chi connectivity index (χ2n) is 5.41. The van der Waals surface area contributed by atoms with Gasteiger partial charge >= 0.3 is 0 Å². The predicted molar refractivity (Wildman–Crippen MR) is 99.3 cm³/mol. The first-order valence-electron chi connectivity index (χ1n) is 7.78. The van der Waals surface area contributed by atoms with Gasteiger partial charge in [0, 0.05) is 28.9 Å². The summed E-state index contributed by atoms with van der Waals surface area (Å²) in [5.41, 5.74) is 2.19. The number of rotatable bonds is 5. The molecule has 1 unspecified atom stereocenters. The molecule has 0 saturated carbocycles. The van der Waals surface area contributed by atoms with Gasteiger partial charge in [-0.3, -0.25) is 0 Å². The number of halogens is 1. The lowest BCUT2D eigenvalue weighted by molar-refractivity contribution is 0.316. The maximum Gasteiger partial charge on any atom is 0.289 e. The molecule has 1 N–H and O–H groups in total. The first-order valence-corrected chi connectivity index (χ1v) is 8.57. The SMILES string of the molecule is CCN(CC1COC(Nc2ccccc2)=N1)c1cccc(Br)c1. The van der Waals surface area contributed by atoms with Crippen molar-refractivity contribution in [2.45, 2.75) is 13.0 Å². The molecule has 1 aliphatic heterocycles. The van der Waals surface area contributed by atoms with E-state index in [0.29, 0.717) is 12.6 Å². The monoisotopic (exact) mass is 373 g/mol. The van der Waals surface area contributed by atoms with Crippen LogP contribution in [0.25, 0.3) is 0 Å². The second-order valence-corrected chi connectivity index (χ2v) is 6.32. The van der Waals surface area contributed by atoms with Gasteiger partial charge in [0.2, 0.25) is 0 Å². The molecule has 5 heteroatoms. The zero-order valence-electron chi connectivity index (χ0n) is 13.1. The van der Waals surface area contributed by atoms with E-state index >= 15 is 0 Å². The summed E-state index contributed by atoms with van der Waals surface area (Å²) in [6, 6.07) is 19.0. The van der Waals surface area contributed by atoms with Gasteiger partial charge in [-0.15, -0.1) is 0 Å². The van der Waals surface area contributed by atoms with Gasteiger partial charge in [0.05, 0.1) is 0 Å².